The maximum Gasteiger partial charge on any atom is 0.142 e. The highest BCUT2D eigenvalue weighted by molar-refractivity contribution is 9.10. The standard InChI is InChI=1S/C8H9BrFNO/c9-5-2-1-3-7(12)8(5)6(10)4-11/h1-3,6,12H,4,11H2. The van der Waals surface area contributed by atoms with Gasteiger partial charge in [-0.15, -0.1) is 0 Å². The topological polar surface area (TPSA) is 46.2 Å². The largest absolute Gasteiger partial charge is 0.508 e. The number of rotatable bonds is 2. The van der Waals surface area contributed by atoms with Crippen molar-refractivity contribution in [3.63, 3.8) is 0 Å². The summed E-state index contributed by atoms with van der Waals surface area (Å²) in [4.78, 5) is 0. The molecule has 0 aliphatic heterocycles. The van der Waals surface area contributed by atoms with Gasteiger partial charge in [0.15, 0.2) is 0 Å². The van der Waals surface area contributed by atoms with Gasteiger partial charge in [-0.1, -0.05) is 22.0 Å². The van der Waals surface area contributed by atoms with Crippen LogP contribution in [0.25, 0.3) is 0 Å². The molecule has 0 saturated carbocycles. The molecule has 0 aliphatic carbocycles. The molecule has 3 N–H and O–H groups in total. The van der Waals surface area contributed by atoms with Crippen molar-refractivity contribution < 1.29 is 9.50 Å². The van der Waals surface area contributed by atoms with Crippen molar-refractivity contribution in [1.82, 2.24) is 0 Å². The molecule has 66 valence electrons. The molecule has 2 nitrogen and oxygen atoms in total. The number of phenolic OH excluding ortho intramolecular Hbond substituents is 1. The van der Waals surface area contributed by atoms with E-state index in [9.17, 15) is 9.50 Å². The maximum absolute atomic E-state index is 13.1. The summed E-state index contributed by atoms with van der Waals surface area (Å²) in [6.07, 6.45) is -1.32. The third-order valence-corrected chi connectivity index (χ3v) is 2.24. The fourth-order valence-corrected chi connectivity index (χ4v) is 1.56. The van der Waals surface area contributed by atoms with Crippen LogP contribution >= 0.6 is 15.9 Å². The molecule has 0 aliphatic rings. The van der Waals surface area contributed by atoms with E-state index >= 15 is 0 Å². The highest BCUT2D eigenvalue weighted by atomic mass is 79.9. The lowest BCUT2D eigenvalue weighted by Gasteiger charge is -2.09. The zero-order valence-electron chi connectivity index (χ0n) is 6.30. The molecule has 0 saturated heterocycles. The monoisotopic (exact) mass is 233 g/mol. The number of alkyl halides is 1. The van der Waals surface area contributed by atoms with Gasteiger partial charge in [0, 0.05) is 16.6 Å². The second-order valence-electron chi connectivity index (χ2n) is 2.38. The number of phenols is 1. The van der Waals surface area contributed by atoms with Gasteiger partial charge in [-0.3, -0.25) is 0 Å². The van der Waals surface area contributed by atoms with Crippen molar-refractivity contribution in [3.8, 4) is 5.75 Å². The first-order valence-electron chi connectivity index (χ1n) is 3.48. The van der Waals surface area contributed by atoms with E-state index in [4.69, 9.17) is 5.73 Å². The van der Waals surface area contributed by atoms with Crippen LogP contribution in [0.4, 0.5) is 4.39 Å². The first-order valence-corrected chi connectivity index (χ1v) is 4.27. The Balaban J connectivity index is 3.12. The molecule has 0 radical (unpaired) electrons. The Morgan fingerprint density at radius 1 is 1.58 bits per heavy atom. The van der Waals surface area contributed by atoms with Crippen LogP contribution in [-0.2, 0) is 0 Å². The maximum atomic E-state index is 13.1. The van der Waals surface area contributed by atoms with Crippen molar-refractivity contribution in [3.05, 3.63) is 28.2 Å². The Bertz CT molecular complexity index is 260. The third-order valence-electron chi connectivity index (χ3n) is 1.55. The van der Waals surface area contributed by atoms with Crippen molar-refractivity contribution in [2.24, 2.45) is 5.73 Å². The van der Waals surface area contributed by atoms with E-state index in [1.54, 1.807) is 12.1 Å². The number of halogens is 2. The van der Waals surface area contributed by atoms with Crippen LogP contribution in [-0.4, -0.2) is 11.7 Å². The molecule has 0 spiro atoms. The summed E-state index contributed by atoms with van der Waals surface area (Å²) in [5.41, 5.74) is 5.36. The smallest absolute Gasteiger partial charge is 0.142 e. The van der Waals surface area contributed by atoms with Gasteiger partial charge in [0.25, 0.3) is 0 Å². The number of benzene rings is 1. The summed E-state index contributed by atoms with van der Waals surface area (Å²) in [5.74, 6) is -0.0673. The van der Waals surface area contributed by atoms with Gasteiger partial charge in [0.2, 0.25) is 0 Å². The van der Waals surface area contributed by atoms with Gasteiger partial charge in [0.05, 0.1) is 0 Å². The van der Waals surface area contributed by atoms with Crippen LogP contribution in [0.3, 0.4) is 0 Å². The summed E-state index contributed by atoms with van der Waals surface area (Å²) in [6.45, 7) is -0.129. The summed E-state index contributed by atoms with van der Waals surface area (Å²) in [5, 5.41) is 9.27. The third kappa shape index (κ3) is 1.76. The predicted molar refractivity (Wildman–Crippen MR) is 48.7 cm³/mol. The van der Waals surface area contributed by atoms with Crippen molar-refractivity contribution in [2.45, 2.75) is 6.17 Å². The van der Waals surface area contributed by atoms with E-state index in [0.29, 0.717) is 4.47 Å². The van der Waals surface area contributed by atoms with Gasteiger partial charge < -0.3 is 10.8 Å². The van der Waals surface area contributed by atoms with E-state index in [2.05, 4.69) is 15.9 Å². The molecule has 1 rings (SSSR count). The molecule has 1 atom stereocenters. The van der Waals surface area contributed by atoms with Gasteiger partial charge in [0.1, 0.15) is 11.9 Å². The SMILES string of the molecule is NCC(F)c1c(O)cccc1Br. The molecular weight excluding hydrogens is 225 g/mol. The minimum absolute atomic E-state index is 0.0673. The van der Waals surface area contributed by atoms with Crippen LogP contribution in [0.5, 0.6) is 5.75 Å². The molecule has 4 heteroatoms. The van der Waals surface area contributed by atoms with Gasteiger partial charge in [-0.2, -0.15) is 0 Å². The van der Waals surface area contributed by atoms with E-state index < -0.39 is 6.17 Å². The number of hydrogen-bond donors (Lipinski definition) is 2. The number of hydrogen-bond acceptors (Lipinski definition) is 2. The minimum Gasteiger partial charge on any atom is -0.508 e. The lowest BCUT2D eigenvalue weighted by molar-refractivity contribution is 0.337. The Kier molecular flexibility index (Phi) is 3.05. The lowest BCUT2D eigenvalue weighted by atomic mass is 10.1. The average molecular weight is 234 g/mol. The summed E-state index contributed by atoms with van der Waals surface area (Å²) in [6, 6.07) is 4.73. The second kappa shape index (κ2) is 3.87. The predicted octanol–water partition coefficient (Wildman–Crippen LogP) is 2.12. The molecule has 1 aromatic carbocycles. The zero-order valence-corrected chi connectivity index (χ0v) is 7.88. The van der Waals surface area contributed by atoms with Crippen LogP contribution in [0.15, 0.2) is 22.7 Å². The van der Waals surface area contributed by atoms with Crippen molar-refractivity contribution in [1.29, 1.82) is 0 Å². The Morgan fingerprint density at radius 2 is 2.25 bits per heavy atom. The first kappa shape index (κ1) is 9.48. The van der Waals surface area contributed by atoms with Crippen LogP contribution < -0.4 is 5.73 Å². The normalized spacial score (nSPS) is 12.9. The van der Waals surface area contributed by atoms with Gasteiger partial charge in [-0.05, 0) is 12.1 Å². The molecule has 0 heterocycles. The highest BCUT2D eigenvalue weighted by Crippen LogP contribution is 2.32. The molecular formula is C8H9BrFNO. The van der Waals surface area contributed by atoms with Crippen LogP contribution in [0.1, 0.15) is 11.7 Å². The van der Waals surface area contributed by atoms with E-state index in [1.165, 1.54) is 6.07 Å². The Hall–Kier alpha value is -0.610. The molecule has 12 heavy (non-hydrogen) atoms. The van der Waals surface area contributed by atoms with Gasteiger partial charge >= 0.3 is 0 Å². The van der Waals surface area contributed by atoms with E-state index in [-0.39, 0.29) is 17.9 Å². The summed E-state index contributed by atoms with van der Waals surface area (Å²) < 4.78 is 13.6. The fraction of sp³-hybridized carbons (Fsp3) is 0.250. The molecule has 0 amide bonds. The Morgan fingerprint density at radius 3 is 2.75 bits per heavy atom. The lowest BCUT2D eigenvalue weighted by Crippen LogP contribution is -2.08. The number of nitrogens with two attached hydrogens (primary N) is 1. The Labute approximate surface area is 78.3 Å². The quantitative estimate of drug-likeness (QED) is 0.823. The average Bonchev–Trinajstić information content (AvgIpc) is 2.03. The van der Waals surface area contributed by atoms with Crippen LogP contribution in [0, 0.1) is 0 Å². The van der Waals surface area contributed by atoms with E-state index in [0.717, 1.165) is 0 Å². The first-order chi connectivity index (χ1) is 5.66. The summed E-state index contributed by atoms with van der Waals surface area (Å²) in [7, 11) is 0. The zero-order chi connectivity index (χ0) is 9.14. The molecule has 0 bridgehead atoms. The van der Waals surface area contributed by atoms with Crippen molar-refractivity contribution >= 4 is 15.9 Å². The highest BCUT2D eigenvalue weighted by Gasteiger charge is 2.15. The molecule has 1 unspecified atom stereocenters. The summed E-state index contributed by atoms with van der Waals surface area (Å²) >= 11 is 3.13. The fourth-order valence-electron chi connectivity index (χ4n) is 0.954. The number of aromatic hydroxyl groups is 1. The minimum atomic E-state index is -1.32. The molecule has 0 fully saturated rings. The molecule has 0 aromatic heterocycles. The van der Waals surface area contributed by atoms with E-state index in [1.807, 2.05) is 0 Å². The van der Waals surface area contributed by atoms with Crippen molar-refractivity contribution in [2.75, 3.05) is 6.54 Å². The van der Waals surface area contributed by atoms with Crippen LogP contribution in [0.2, 0.25) is 0 Å². The second-order valence-corrected chi connectivity index (χ2v) is 3.23. The molecule has 1 aromatic rings. The van der Waals surface area contributed by atoms with Gasteiger partial charge in [-0.25, -0.2) is 4.39 Å².